The van der Waals surface area contributed by atoms with E-state index in [1.807, 2.05) is 22.6 Å². The molecule has 2 aromatic carbocycles. The third-order valence-electron chi connectivity index (χ3n) is 3.55. The number of rotatable bonds is 6. The summed E-state index contributed by atoms with van der Waals surface area (Å²) in [6.07, 6.45) is -0.212. The first-order valence-corrected chi connectivity index (χ1v) is 9.53. The van der Waals surface area contributed by atoms with E-state index < -0.39 is 11.7 Å². The Kier molecular flexibility index (Phi) is 6.81. The minimum Gasteiger partial charge on any atom is -0.353 e. The lowest BCUT2D eigenvalue weighted by Crippen LogP contribution is -2.29. The number of amides is 1. The molecule has 3 rings (SSSR count). The molecule has 1 aliphatic rings. The van der Waals surface area contributed by atoms with Gasteiger partial charge in [-0.15, -0.1) is 0 Å². The summed E-state index contributed by atoms with van der Waals surface area (Å²) in [6.45, 7) is 0.823. The molecule has 6 nitrogen and oxygen atoms in total. The van der Waals surface area contributed by atoms with Gasteiger partial charge in [-0.05, 0) is 59.0 Å². The van der Waals surface area contributed by atoms with E-state index in [4.69, 9.17) is 14.3 Å². The van der Waals surface area contributed by atoms with E-state index in [-0.39, 0.29) is 25.2 Å². The van der Waals surface area contributed by atoms with E-state index in [2.05, 4.69) is 26.7 Å². The summed E-state index contributed by atoms with van der Waals surface area (Å²) in [5, 5.41) is 2.95. The maximum absolute atomic E-state index is 14.1. The van der Waals surface area contributed by atoms with Gasteiger partial charge in [0, 0.05) is 8.04 Å². The SMILES string of the molecule is O=C(NOC[C@H]1COCO1)c1cc(Br)ccc1Nc1ccc(I)cc1F. The summed E-state index contributed by atoms with van der Waals surface area (Å²) in [5.41, 5.74) is 3.41. The molecule has 138 valence electrons. The largest absolute Gasteiger partial charge is 0.353 e. The highest BCUT2D eigenvalue weighted by molar-refractivity contribution is 14.1. The number of anilines is 2. The molecule has 0 aromatic heterocycles. The highest BCUT2D eigenvalue weighted by Gasteiger charge is 2.18. The number of benzene rings is 2. The predicted molar refractivity (Wildman–Crippen MR) is 106 cm³/mol. The van der Waals surface area contributed by atoms with Crippen molar-refractivity contribution >= 4 is 55.8 Å². The van der Waals surface area contributed by atoms with Gasteiger partial charge < -0.3 is 14.8 Å². The van der Waals surface area contributed by atoms with Crippen LogP contribution in [0, 0.1) is 9.39 Å². The second kappa shape index (κ2) is 9.09. The van der Waals surface area contributed by atoms with Crippen LogP contribution >= 0.6 is 38.5 Å². The van der Waals surface area contributed by atoms with E-state index in [0.717, 1.165) is 3.57 Å². The molecule has 0 bridgehead atoms. The maximum atomic E-state index is 14.1. The number of carbonyl (C=O) groups excluding carboxylic acids is 1. The number of carbonyl (C=O) groups is 1. The Labute approximate surface area is 171 Å². The standard InChI is InChI=1S/C17H15BrFIN2O4/c18-10-1-3-15(21-16-4-2-11(20)6-14(16)19)13(5-10)17(23)22-26-8-12-7-24-9-25-12/h1-6,12,21H,7-9H2,(H,22,23)/t12-/m1/s1. The Balaban J connectivity index is 1.71. The van der Waals surface area contributed by atoms with Gasteiger partial charge >= 0.3 is 0 Å². The van der Waals surface area contributed by atoms with Crippen molar-refractivity contribution in [2.24, 2.45) is 0 Å². The Morgan fingerprint density at radius 2 is 2.12 bits per heavy atom. The Morgan fingerprint density at radius 3 is 2.85 bits per heavy atom. The summed E-state index contributed by atoms with van der Waals surface area (Å²) in [5.74, 6) is -0.862. The molecule has 0 radical (unpaired) electrons. The number of halogens is 3. The van der Waals surface area contributed by atoms with Crippen molar-refractivity contribution in [1.82, 2.24) is 5.48 Å². The van der Waals surface area contributed by atoms with Gasteiger partial charge in [0.2, 0.25) is 0 Å². The van der Waals surface area contributed by atoms with Crippen LogP contribution in [0.1, 0.15) is 10.4 Å². The fourth-order valence-electron chi connectivity index (χ4n) is 2.27. The number of hydrogen-bond acceptors (Lipinski definition) is 5. The molecule has 2 N–H and O–H groups in total. The molecule has 1 aliphatic heterocycles. The minimum absolute atomic E-state index is 0.175. The Morgan fingerprint density at radius 1 is 1.31 bits per heavy atom. The van der Waals surface area contributed by atoms with Crippen LogP contribution in [0.5, 0.6) is 0 Å². The van der Waals surface area contributed by atoms with Gasteiger partial charge in [-0.25, -0.2) is 9.87 Å². The molecule has 9 heteroatoms. The van der Waals surface area contributed by atoms with E-state index in [9.17, 15) is 9.18 Å². The van der Waals surface area contributed by atoms with Crippen molar-refractivity contribution in [3.8, 4) is 0 Å². The first-order chi connectivity index (χ1) is 12.5. The molecule has 1 fully saturated rings. The lowest BCUT2D eigenvalue weighted by atomic mass is 10.1. The number of nitrogens with one attached hydrogen (secondary N) is 2. The van der Waals surface area contributed by atoms with Gasteiger partial charge in [-0.1, -0.05) is 15.9 Å². The second-order valence-electron chi connectivity index (χ2n) is 5.46. The second-order valence-corrected chi connectivity index (χ2v) is 7.62. The van der Waals surface area contributed by atoms with Crippen molar-refractivity contribution in [2.45, 2.75) is 6.10 Å². The van der Waals surface area contributed by atoms with Crippen molar-refractivity contribution in [3.63, 3.8) is 0 Å². The molecular formula is C17H15BrFIN2O4. The molecule has 1 saturated heterocycles. The van der Waals surface area contributed by atoms with Crippen LogP contribution in [0.15, 0.2) is 40.9 Å². The first kappa shape index (κ1) is 19.5. The molecule has 26 heavy (non-hydrogen) atoms. The lowest BCUT2D eigenvalue weighted by Gasteiger charge is -2.14. The van der Waals surface area contributed by atoms with Crippen LogP contribution in [-0.4, -0.2) is 32.0 Å². The predicted octanol–water partition coefficient (Wildman–Crippen LogP) is 3.97. The Bertz CT molecular complexity index is 802. The zero-order valence-corrected chi connectivity index (χ0v) is 17.2. The molecule has 0 unspecified atom stereocenters. The quantitative estimate of drug-likeness (QED) is 0.432. The molecule has 1 amide bonds. The topological polar surface area (TPSA) is 68.8 Å². The zero-order valence-electron chi connectivity index (χ0n) is 13.4. The van der Waals surface area contributed by atoms with Crippen LogP contribution in [0.4, 0.5) is 15.8 Å². The third-order valence-corrected chi connectivity index (χ3v) is 4.72. The van der Waals surface area contributed by atoms with Gasteiger partial charge in [0.15, 0.2) is 0 Å². The number of hydroxylamine groups is 1. The molecule has 1 heterocycles. The van der Waals surface area contributed by atoms with E-state index in [1.165, 1.54) is 6.07 Å². The van der Waals surface area contributed by atoms with Gasteiger partial charge in [0.25, 0.3) is 5.91 Å². The summed E-state index contributed by atoms with van der Waals surface area (Å²) in [6, 6.07) is 9.87. The number of hydrogen-bond donors (Lipinski definition) is 2. The lowest BCUT2D eigenvalue weighted by molar-refractivity contribution is -0.0246. The van der Waals surface area contributed by atoms with E-state index >= 15 is 0 Å². The van der Waals surface area contributed by atoms with Crippen LogP contribution in [0.2, 0.25) is 0 Å². The average Bonchev–Trinajstić information content (AvgIpc) is 3.12. The maximum Gasteiger partial charge on any atom is 0.276 e. The molecule has 2 aromatic rings. The van der Waals surface area contributed by atoms with Crippen LogP contribution in [0.3, 0.4) is 0 Å². The van der Waals surface area contributed by atoms with Crippen LogP contribution < -0.4 is 10.8 Å². The van der Waals surface area contributed by atoms with E-state index in [0.29, 0.717) is 22.3 Å². The highest BCUT2D eigenvalue weighted by Crippen LogP contribution is 2.27. The van der Waals surface area contributed by atoms with Gasteiger partial charge in [-0.2, -0.15) is 0 Å². The van der Waals surface area contributed by atoms with Gasteiger partial charge in [-0.3, -0.25) is 9.63 Å². The van der Waals surface area contributed by atoms with E-state index in [1.54, 1.807) is 30.3 Å². The molecule has 0 spiro atoms. The Hall–Kier alpha value is -1.27. The molecule has 0 aliphatic carbocycles. The monoisotopic (exact) mass is 536 g/mol. The van der Waals surface area contributed by atoms with Gasteiger partial charge in [0.1, 0.15) is 25.3 Å². The molecule has 1 atom stereocenters. The van der Waals surface area contributed by atoms with Gasteiger partial charge in [0.05, 0.1) is 23.5 Å². The van der Waals surface area contributed by atoms with Crippen molar-refractivity contribution < 1.29 is 23.5 Å². The summed E-state index contributed by atoms with van der Waals surface area (Å²) in [7, 11) is 0. The van der Waals surface area contributed by atoms with Crippen molar-refractivity contribution in [3.05, 3.63) is 55.8 Å². The van der Waals surface area contributed by atoms with Crippen LogP contribution in [-0.2, 0) is 14.3 Å². The average molecular weight is 537 g/mol. The minimum atomic E-state index is -0.460. The fraction of sp³-hybridized carbons (Fsp3) is 0.235. The summed E-state index contributed by atoms with van der Waals surface area (Å²) < 4.78 is 25.9. The first-order valence-electron chi connectivity index (χ1n) is 7.66. The number of ether oxygens (including phenoxy) is 2. The normalized spacial score (nSPS) is 16.5. The van der Waals surface area contributed by atoms with Crippen molar-refractivity contribution in [1.29, 1.82) is 0 Å². The highest BCUT2D eigenvalue weighted by atomic mass is 127. The molecular weight excluding hydrogens is 522 g/mol. The summed E-state index contributed by atoms with van der Waals surface area (Å²) >= 11 is 5.37. The smallest absolute Gasteiger partial charge is 0.276 e. The molecule has 0 saturated carbocycles. The summed E-state index contributed by atoms with van der Waals surface area (Å²) in [4.78, 5) is 17.7. The zero-order chi connectivity index (χ0) is 18.5. The van der Waals surface area contributed by atoms with Crippen molar-refractivity contribution in [2.75, 3.05) is 25.3 Å². The van der Waals surface area contributed by atoms with Crippen LogP contribution in [0.25, 0.3) is 0 Å². The third kappa shape index (κ3) is 5.13. The fourth-order valence-corrected chi connectivity index (χ4v) is 3.09.